The summed E-state index contributed by atoms with van der Waals surface area (Å²) in [5.74, 6) is -0.887. The molecule has 0 aliphatic heterocycles. The Morgan fingerprint density at radius 2 is 1.75 bits per heavy atom. The van der Waals surface area contributed by atoms with Crippen LogP contribution in [0.25, 0.3) is 0 Å². The van der Waals surface area contributed by atoms with Crippen molar-refractivity contribution >= 4 is 23.4 Å². The maximum atomic E-state index is 11.6. The summed E-state index contributed by atoms with van der Waals surface area (Å²) in [5.41, 5.74) is 5.48. The Hall–Kier alpha value is -2.47. The Kier molecular flexibility index (Phi) is 4.62. The highest BCUT2D eigenvalue weighted by Gasteiger charge is 2.09. The van der Waals surface area contributed by atoms with Crippen LogP contribution < -0.4 is 10.9 Å². The van der Waals surface area contributed by atoms with Crippen LogP contribution in [0.3, 0.4) is 0 Å². The van der Waals surface area contributed by atoms with Crippen LogP contribution in [-0.4, -0.2) is 22.0 Å². The van der Waals surface area contributed by atoms with E-state index in [2.05, 4.69) is 21.0 Å². The molecule has 0 atom stereocenters. The van der Waals surface area contributed by atoms with Crippen LogP contribution in [-0.2, 0) is 11.2 Å². The number of benzene rings is 1. The summed E-state index contributed by atoms with van der Waals surface area (Å²) in [6.45, 7) is 0. The highest BCUT2D eigenvalue weighted by atomic mass is 35.5. The fourth-order valence-corrected chi connectivity index (χ4v) is 1.55. The quantitative estimate of drug-likeness (QED) is 0.830. The predicted molar refractivity (Wildman–Crippen MR) is 72.8 cm³/mol. The van der Waals surface area contributed by atoms with Gasteiger partial charge in [0.05, 0.1) is 6.42 Å². The molecule has 20 heavy (non-hydrogen) atoms. The smallest absolute Gasteiger partial charge is 0.273 e. The van der Waals surface area contributed by atoms with Gasteiger partial charge in [-0.25, -0.2) is 0 Å². The maximum absolute atomic E-state index is 11.6. The van der Waals surface area contributed by atoms with Crippen LogP contribution in [0.2, 0.25) is 5.15 Å². The first-order valence-corrected chi connectivity index (χ1v) is 6.15. The van der Waals surface area contributed by atoms with Gasteiger partial charge < -0.3 is 0 Å². The molecule has 102 valence electrons. The number of hydrogen-bond donors (Lipinski definition) is 2. The van der Waals surface area contributed by atoms with E-state index in [0.29, 0.717) is 0 Å². The van der Waals surface area contributed by atoms with Crippen LogP contribution in [0.4, 0.5) is 0 Å². The summed E-state index contributed by atoms with van der Waals surface area (Å²) >= 11 is 5.56. The van der Waals surface area contributed by atoms with E-state index >= 15 is 0 Å². The minimum Gasteiger partial charge on any atom is -0.273 e. The average Bonchev–Trinajstić information content (AvgIpc) is 2.46. The van der Waals surface area contributed by atoms with Gasteiger partial charge in [0, 0.05) is 0 Å². The fraction of sp³-hybridized carbons (Fsp3) is 0.0769. The topological polar surface area (TPSA) is 84.0 Å². The highest BCUT2D eigenvalue weighted by molar-refractivity contribution is 6.29. The standard InChI is InChI=1S/C13H11ClN4O2/c14-11-7-6-10(15-16-11)13(20)18-17-12(19)8-9-4-2-1-3-5-9/h1-7H,8H2,(H,17,19)(H,18,20). The number of amides is 2. The lowest BCUT2D eigenvalue weighted by atomic mass is 10.1. The number of carbonyl (C=O) groups is 2. The van der Waals surface area contributed by atoms with Crippen molar-refractivity contribution in [3.63, 3.8) is 0 Å². The molecule has 0 radical (unpaired) electrons. The van der Waals surface area contributed by atoms with Gasteiger partial charge in [0.2, 0.25) is 5.91 Å². The third-order valence-corrected chi connectivity index (χ3v) is 2.59. The molecule has 7 heteroatoms. The zero-order chi connectivity index (χ0) is 14.4. The van der Waals surface area contributed by atoms with Gasteiger partial charge in [-0.1, -0.05) is 41.9 Å². The van der Waals surface area contributed by atoms with Crippen molar-refractivity contribution in [1.29, 1.82) is 0 Å². The second-order valence-corrected chi connectivity index (χ2v) is 4.29. The molecule has 1 aromatic carbocycles. The number of carbonyl (C=O) groups excluding carboxylic acids is 2. The molecule has 1 heterocycles. The van der Waals surface area contributed by atoms with E-state index < -0.39 is 5.91 Å². The van der Waals surface area contributed by atoms with Crippen LogP contribution >= 0.6 is 11.6 Å². The molecule has 0 unspecified atom stereocenters. The van der Waals surface area contributed by atoms with Crippen LogP contribution in [0.1, 0.15) is 16.1 Å². The second kappa shape index (κ2) is 6.63. The first-order chi connectivity index (χ1) is 9.65. The van der Waals surface area contributed by atoms with Gasteiger partial charge in [-0.05, 0) is 17.7 Å². The average molecular weight is 291 g/mol. The van der Waals surface area contributed by atoms with E-state index in [1.807, 2.05) is 30.3 Å². The number of aromatic nitrogens is 2. The Balaban J connectivity index is 1.84. The van der Waals surface area contributed by atoms with E-state index in [9.17, 15) is 9.59 Å². The number of nitrogens with zero attached hydrogens (tertiary/aromatic N) is 2. The number of hydrazine groups is 1. The molecule has 2 amide bonds. The zero-order valence-electron chi connectivity index (χ0n) is 10.3. The summed E-state index contributed by atoms with van der Waals surface area (Å²) in [6.07, 6.45) is 0.174. The van der Waals surface area contributed by atoms with Crippen molar-refractivity contribution < 1.29 is 9.59 Å². The molecule has 0 fully saturated rings. The highest BCUT2D eigenvalue weighted by Crippen LogP contribution is 2.02. The molecule has 2 aromatic rings. The Bertz CT molecular complexity index is 602. The van der Waals surface area contributed by atoms with E-state index in [1.165, 1.54) is 12.1 Å². The molecule has 0 aliphatic carbocycles. The monoisotopic (exact) mass is 290 g/mol. The fourth-order valence-electron chi connectivity index (χ4n) is 1.45. The Morgan fingerprint density at radius 1 is 1.00 bits per heavy atom. The number of rotatable bonds is 3. The van der Waals surface area contributed by atoms with Gasteiger partial charge in [0.1, 0.15) is 0 Å². The van der Waals surface area contributed by atoms with Gasteiger partial charge in [0.25, 0.3) is 5.91 Å². The van der Waals surface area contributed by atoms with Crippen molar-refractivity contribution in [2.45, 2.75) is 6.42 Å². The molecule has 0 bridgehead atoms. The van der Waals surface area contributed by atoms with E-state index in [4.69, 9.17) is 11.6 Å². The summed E-state index contributed by atoms with van der Waals surface area (Å²) in [7, 11) is 0. The third kappa shape index (κ3) is 4.03. The summed E-state index contributed by atoms with van der Waals surface area (Å²) in [5, 5.41) is 7.32. The summed E-state index contributed by atoms with van der Waals surface area (Å²) < 4.78 is 0. The minimum atomic E-state index is -0.560. The molecule has 2 rings (SSSR count). The number of hydrogen-bond acceptors (Lipinski definition) is 4. The lowest BCUT2D eigenvalue weighted by molar-refractivity contribution is -0.121. The summed E-state index contributed by atoms with van der Waals surface area (Å²) in [4.78, 5) is 23.3. The SMILES string of the molecule is O=C(Cc1ccccc1)NNC(=O)c1ccc(Cl)nn1. The Labute approximate surface area is 120 Å². The lowest BCUT2D eigenvalue weighted by Gasteiger charge is -2.06. The van der Waals surface area contributed by atoms with Gasteiger partial charge in [-0.2, -0.15) is 0 Å². The molecule has 0 aliphatic rings. The maximum Gasteiger partial charge on any atom is 0.290 e. The van der Waals surface area contributed by atoms with Crippen molar-refractivity contribution in [2.24, 2.45) is 0 Å². The minimum absolute atomic E-state index is 0.0643. The van der Waals surface area contributed by atoms with Gasteiger partial charge in [0.15, 0.2) is 10.8 Å². The predicted octanol–water partition coefficient (Wildman–Crippen LogP) is 1.13. The van der Waals surface area contributed by atoms with Gasteiger partial charge in [-0.3, -0.25) is 20.4 Å². The zero-order valence-corrected chi connectivity index (χ0v) is 11.1. The molecule has 1 aromatic heterocycles. The first-order valence-electron chi connectivity index (χ1n) is 5.77. The van der Waals surface area contributed by atoms with E-state index in [-0.39, 0.29) is 23.2 Å². The van der Waals surface area contributed by atoms with Crippen molar-refractivity contribution in [3.8, 4) is 0 Å². The van der Waals surface area contributed by atoms with Crippen molar-refractivity contribution in [3.05, 3.63) is 58.9 Å². The van der Waals surface area contributed by atoms with Crippen LogP contribution in [0, 0.1) is 0 Å². The molecule has 0 saturated carbocycles. The number of nitrogens with one attached hydrogen (secondary N) is 2. The normalized spacial score (nSPS) is 9.85. The van der Waals surface area contributed by atoms with Crippen molar-refractivity contribution in [2.75, 3.05) is 0 Å². The molecule has 6 nitrogen and oxygen atoms in total. The third-order valence-electron chi connectivity index (χ3n) is 2.39. The van der Waals surface area contributed by atoms with E-state index in [0.717, 1.165) is 5.56 Å². The van der Waals surface area contributed by atoms with Gasteiger partial charge in [-0.15, -0.1) is 10.2 Å². The molecule has 2 N–H and O–H groups in total. The second-order valence-electron chi connectivity index (χ2n) is 3.91. The number of halogens is 1. The first kappa shape index (κ1) is 14.0. The largest absolute Gasteiger partial charge is 0.290 e. The molecular weight excluding hydrogens is 280 g/mol. The van der Waals surface area contributed by atoms with Crippen molar-refractivity contribution in [1.82, 2.24) is 21.0 Å². The van der Waals surface area contributed by atoms with Gasteiger partial charge >= 0.3 is 0 Å². The molecular formula is C13H11ClN4O2. The summed E-state index contributed by atoms with van der Waals surface area (Å²) in [6, 6.07) is 12.0. The van der Waals surface area contributed by atoms with E-state index in [1.54, 1.807) is 0 Å². The van der Waals surface area contributed by atoms with Crippen LogP contribution in [0.15, 0.2) is 42.5 Å². The lowest BCUT2D eigenvalue weighted by Crippen LogP contribution is -2.42. The Morgan fingerprint density at radius 3 is 2.40 bits per heavy atom. The van der Waals surface area contributed by atoms with Crippen LogP contribution in [0.5, 0.6) is 0 Å². The molecule has 0 saturated heterocycles. The molecule has 0 spiro atoms.